The van der Waals surface area contributed by atoms with Crippen LogP contribution in [-0.4, -0.2) is 42.7 Å². The van der Waals surface area contributed by atoms with Crippen LogP contribution in [0, 0.1) is 0 Å². The largest absolute Gasteiger partial charge is 0.497 e. The third kappa shape index (κ3) is 5.06. The molecule has 0 bridgehead atoms. The fourth-order valence-corrected chi connectivity index (χ4v) is 3.83. The van der Waals surface area contributed by atoms with Gasteiger partial charge in [0.2, 0.25) is 0 Å². The Bertz CT molecular complexity index is 992. The summed E-state index contributed by atoms with van der Waals surface area (Å²) in [5.74, 6) is 2.22. The van der Waals surface area contributed by atoms with Gasteiger partial charge in [0.05, 0.1) is 37.8 Å². The molecule has 0 N–H and O–H groups in total. The van der Waals surface area contributed by atoms with Gasteiger partial charge in [-0.2, -0.15) is 0 Å². The van der Waals surface area contributed by atoms with Crippen molar-refractivity contribution < 1.29 is 14.2 Å². The minimum atomic E-state index is -0.0677. The monoisotopic (exact) mass is 464 g/mol. The molecule has 0 amide bonds. The van der Waals surface area contributed by atoms with Crippen LogP contribution in [-0.2, 0) is 11.3 Å². The molecule has 8 heteroatoms. The lowest BCUT2D eigenvalue weighted by Crippen LogP contribution is -2.25. The SMILES string of the molecule is COCCn1c(SCCOc2ccc(OC)cc2)nc2ccc(Br)cc2c1=O. The van der Waals surface area contributed by atoms with Crippen LogP contribution in [0.25, 0.3) is 10.9 Å². The number of rotatable bonds is 9. The number of hydrogen-bond donors (Lipinski definition) is 0. The van der Waals surface area contributed by atoms with Gasteiger partial charge in [-0.15, -0.1) is 0 Å². The maximum atomic E-state index is 12.9. The Kier molecular flexibility index (Phi) is 7.36. The zero-order valence-corrected chi connectivity index (χ0v) is 18.1. The first-order valence-electron chi connectivity index (χ1n) is 8.71. The number of thioether (sulfide) groups is 1. The summed E-state index contributed by atoms with van der Waals surface area (Å²) in [4.78, 5) is 17.6. The van der Waals surface area contributed by atoms with Crippen LogP contribution >= 0.6 is 27.7 Å². The van der Waals surface area contributed by atoms with Crippen LogP contribution in [0.5, 0.6) is 11.5 Å². The van der Waals surface area contributed by atoms with Gasteiger partial charge in [-0.25, -0.2) is 4.98 Å². The number of fused-ring (bicyclic) bond motifs is 1. The highest BCUT2D eigenvalue weighted by Crippen LogP contribution is 2.21. The van der Waals surface area contributed by atoms with Gasteiger partial charge in [0.15, 0.2) is 5.16 Å². The molecule has 0 saturated carbocycles. The lowest BCUT2D eigenvalue weighted by atomic mass is 10.2. The van der Waals surface area contributed by atoms with Gasteiger partial charge in [-0.05, 0) is 42.5 Å². The molecule has 0 unspecified atom stereocenters. The summed E-state index contributed by atoms with van der Waals surface area (Å²) in [7, 11) is 3.25. The molecule has 1 aromatic heterocycles. The molecule has 28 heavy (non-hydrogen) atoms. The second-order valence-corrected chi connectivity index (χ2v) is 7.86. The summed E-state index contributed by atoms with van der Waals surface area (Å²) in [6.45, 7) is 1.39. The number of methoxy groups -OCH3 is 2. The van der Waals surface area contributed by atoms with Gasteiger partial charge in [-0.1, -0.05) is 27.7 Å². The molecular weight excluding hydrogens is 444 g/mol. The Morgan fingerprint density at radius 1 is 1.07 bits per heavy atom. The fourth-order valence-electron chi connectivity index (χ4n) is 2.63. The zero-order chi connectivity index (χ0) is 19.9. The van der Waals surface area contributed by atoms with Crippen molar-refractivity contribution >= 4 is 38.6 Å². The zero-order valence-electron chi connectivity index (χ0n) is 15.7. The van der Waals surface area contributed by atoms with E-state index in [0.29, 0.717) is 41.6 Å². The number of hydrogen-bond acceptors (Lipinski definition) is 6. The minimum Gasteiger partial charge on any atom is -0.497 e. The van der Waals surface area contributed by atoms with E-state index in [9.17, 15) is 4.79 Å². The third-order valence-corrected chi connectivity index (χ3v) is 5.48. The van der Waals surface area contributed by atoms with Gasteiger partial charge < -0.3 is 14.2 Å². The molecule has 0 spiro atoms. The van der Waals surface area contributed by atoms with Crippen LogP contribution in [0.15, 0.2) is 56.9 Å². The molecule has 0 aliphatic carbocycles. The predicted molar refractivity (Wildman–Crippen MR) is 115 cm³/mol. The lowest BCUT2D eigenvalue weighted by molar-refractivity contribution is 0.183. The first kappa shape index (κ1) is 20.7. The molecule has 2 aromatic carbocycles. The molecule has 0 saturated heterocycles. The van der Waals surface area contributed by atoms with Crippen molar-refractivity contribution in [3.63, 3.8) is 0 Å². The van der Waals surface area contributed by atoms with Crippen molar-refractivity contribution in [3.05, 3.63) is 57.3 Å². The summed E-state index contributed by atoms with van der Waals surface area (Å²) < 4.78 is 18.6. The Morgan fingerprint density at radius 2 is 1.82 bits per heavy atom. The van der Waals surface area contributed by atoms with Crippen LogP contribution in [0.2, 0.25) is 0 Å². The second-order valence-electron chi connectivity index (χ2n) is 5.88. The van der Waals surface area contributed by atoms with Gasteiger partial charge in [0.1, 0.15) is 11.5 Å². The van der Waals surface area contributed by atoms with Crippen LogP contribution < -0.4 is 15.0 Å². The average Bonchev–Trinajstić information content (AvgIpc) is 2.72. The highest BCUT2D eigenvalue weighted by Gasteiger charge is 2.12. The smallest absolute Gasteiger partial charge is 0.262 e. The van der Waals surface area contributed by atoms with Crippen molar-refractivity contribution in [1.29, 1.82) is 0 Å². The number of ether oxygens (including phenoxy) is 3. The van der Waals surface area contributed by atoms with E-state index in [-0.39, 0.29) is 5.56 Å². The number of halogens is 1. The molecule has 0 aliphatic rings. The van der Waals surface area contributed by atoms with Crippen molar-refractivity contribution in [2.75, 3.05) is 33.2 Å². The third-order valence-electron chi connectivity index (χ3n) is 4.04. The van der Waals surface area contributed by atoms with Gasteiger partial charge in [-0.3, -0.25) is 9.36 Å². The molecular formula is C20H21BrN2O4S. The summed E-state index contributed by atoms with van der Waals surface area (Å²) in [5, 5.41) is 1.25. The topological polar surface area (TPSA) is 62.6 Å². The summed E-state index contributed by atoms with van der Waals surface area (Å²) in [6, 6.07) is 13.0. The Balaban J connectivity index is 1.73. The predicted octanol–water partition coefficient (Wildman–Crippen LogP) is 3.99. The van der Waals surface area contributed by atoms with Crippen LogP contribution in [0.3, 0.4) is 0 Å². The van der Waals surface area contributed by atoms with Crippen LogP contribution in [0.4, 0.5) is 0 Å². The van der Waals surface area contributed by atoms with Crippen molar-refractivity contribution in [3.8, 4) is 11.5 Å². The Morgan fingerprint density at radius 3 is 2.54 bits per heavy atom. The lowest BCUT2D eigenvalue weighted by Gasteiger charge is -2.13. The van der Waals surface area contributed by atoms with E-state index in [0.717, 1.165) is 16.0 Å². The summed E-state index contributed by atoms with van der Waals surface area (Å²) in [6.07, 6.45) is 0. The fraction of sp³-hybridized carbons (Fsp3) is 0.300. The highest BCUT2D eigenvalue weighted by atomic mass is 79.9. The second kappa shape index (κ2) is 9.95. The van der Waals surface area contributed by atoms with E-state index in [4.69, 9.17) is 14.2 Å². The van der Waals surface area contributed by atoms with Gasteiger partial charge in [0, 0.05) is 17.3 Å². The highest BCUT2D eigenvalue weighted by molar-refractivity contribution is 9.10. The number of benzene rings is 2. The van der Waals surface area contributed by atoms with Gasteiger partial charge >= 0.3 is 0 Å². The Labute approximate surface area is 176 Å². The average molecular weight is 465 g/mol. The molecule has 0 radical (unpaired) electrons. The van der Waals surface area contributed by atoms with E-state index in [1.807, 2.05) is 36.4 Å². The van der Waals surface area contributed by atoms with Gasteiger partial charge in [0.25, 0.3) is 5.56 Å². The Hall–Kier alpha value is -2.03. The molecule has 148 valence electrons. The van der Waals surface area contributed by atoms with E-state index >= 15 is 0 Å². The molecule has 0 fully saturated rings. The number of nitrogens with zero attached hydrogens (tertiary/aromatic N) is 2. The quantitative estimate of drug-likeness (QED) is 0.271. The molecule has 1 heterocycles. The van der Waals surface area contributed by atoms with E-state index in [1.54, 1.807) is 24.9 Å². The maximum absolute atomic E-state index is 12.9. The molecule has 3 aromatic rings. The minimum absolute atomic E-state index is 0.0677. The maximum Gasteiger partial charge on any atom is 0.262 e. The van der Waals surface area contributed by atoms with Crippen molar-refractivity contribution in [1.82, 2.24) is 9.55 Å². The first-order chi connectivity index (χ1) is 13.6. The van der Waals surface area contributed by atoms with Crippen molar-refractivity contribution in [2.45, 2.75) is 11.7 Å². The number of aromatic nitrogens is 2. The van der Waals surface area contributed by atoms with E-state index in [1.165, 1.54) is 11.8 Å². The van der Waals surface area contributed by atoms with E-state index in [2.05, 4.69) is 20.9 Å². The summed E-state index contributed by atoms with van der Waals surface area (Å²) >= 11 is 4.91. The molecule has 0 aliphatic heterocycles. The normalized spacial score (nSPS) is 11.0. The summed E-state index contributed by atoms with van der Waals surface area (Å²) in [5.41, 5.74) is 0.613. The van der Waals surface area contributed by atoms with Crippen LogP contribution in [0.1, 0.15) is 0 Å². The first-order valence-corrected chi connectivity index (χ1v) is 10.5. The molecule has 0 atom stereocenters. The van der Waals surface area contributed by atoms with E-state index < -0.39 is 0 Å². The molecule has 3 rings (SSSR count). The molecule has 6 nitrogen and oxygen atoms in total. The standard InChI is InChI=1S/C20H21BrN2O4S/c1-25-10-9-23-19(24)17-13-14(21)3-8-18(17)22-20(23)28-12-11-27-16-6-4-15(26-2)5-7-16/h3-8,13H,9-12H2,1-2H3. The van der Waals surface area contributed by atoms with Crippen molar-refractivity contribution in [2.24, 2.45) is 0 Å².